The highest BCUT2D eigenvalue weighted by atomic mass is 32.2. The molecule has 5 rings (SSSR count). The molecule has 1 fully saturated rings. The highest BCUT2D eigenvalue weighted by Gasteiger charge is 2.44. The standard InChI is InChI=1S/C79H119N11O14S/c1-17-52(8)73(89(13)78(98)61(49(2)3)39-53(9)72(51(6)7)88(11)12)67(100-14)44-70(95)90-34-22-26-64(90)74(101-15)54(10)65(91)42-58(40-55-23-19-18-20-24-55)75(96)82-45-56-27-29-59(30-28-56)86-76(97)57(25-21-33-81-79(80)99)41-66(92)71(50(4)5)87-69(94)47-104-38-36-102-35-37-103-46-68(93)85-60-31-32-63-62(43-60)77(105-16)84-48-83-63/h18-20,23-24,27-32,43,48-52,54,57-58,61,64,67,71-74H,9,17,21-22,25-26,33-42,44-47H2,1-8,10-16H3,(H,82,96)(H,85,93)(H,86,97)(H,87,94)(H3,80,81,99)/t52-,54-,57+,58+,61-,64-,67+,71-,72-,73-,74+/m0/s1. The summed E-state index contributed by atoms with van der Waals surface area (Å²) < 4.78 is 28.9. The van der Waals surface area contributed by atoms with E-state index in [4.69, 9.17) is 29.4 Å². The van der Waals surface area contributed by atoms with Crippen molar-refractivity contribution in [2.45, 2.75) is 174 Å². The smallest absolute Gasteiger partial charge is 0.312 e. The lowest BCUT2D eigenvalue weighted by atomic mass is 9.82. The molecule has 0 spiro atoms. The van der Waals surface area contributed by atoms with Crippen molar-refractivity contribution >= 4 is 87.1 Å². The number of nitrogens with zero attached hydrogens (tertiary/aromatic N) is 5. The summed E-state index contributed by atoms with van der Waals surface area (Å²) in [5.74, 6) is -5.05. The van der Waals surface area contributed by atoms with Crippen LogP contribution in [0.5, 0.6) is 0 Å². The fourth-order valence-electron chi connectivity index (χ4n) is 14.1. The number of anilines is 2. The maximum atomic E-state index is 14.7. The Bertz CT molecular complexity index is 3440. The first kappa shape index (κ1) is 87.9. The molecule has 3 aromatic carbocycles. The number of hydrogen-bond donors (Lipinski definition) is 6. The number of rotatable bonds is 48. The number of benzene rings is 3. The number of aromatic nitrogens is 2. The molecule has 4 aromatic rings. The van der Waals surface area contributed by atoms with Gasteiger partial charge in [0.15, 0.2) is 5.78 Å². The monoisotopic (exact) mass is 1480 g/mol. The van der Waals surface area contributed by atoms with E-state index in [1.54, 1.807) is 65.3 Å². The summed E-state index contributed by atoms with van der Waals surface area (Å²) in [5.41, 5.74) is 9.68. The Labute approximate surface area is 626 Å². The molecule has 0 unspecified atom stereocenters. The van der Waals surface area contributed by atoms with E-state index in [1.165, 1.54) is 18.1 Å². The normalized spacial score (nSPS) is 16.0. The van der Waals surface area contributed by atoms with Gasteiger partial charge in [-0.25, -0.2) is 14.8 Å². The van der Waals surface area contributed by atoms with E-state index in [1.807, 2.05) is 79.7 Å². The van der Waals surface area contributed by atoms with Gasteiger partial charge >= 0.3 is 6.03 Å². The van der Waals surface area contributed by atoms with Crippen molar-refractivity contribution in [1.82, 2.24) is 40.6 Å². The Kier molecular flexibility index (Phi) is 37.7. The van der Waals surface area contributed by atoms with E-state index in [0.717, 1.165) is 33.5 Å². The van der Waals surface area contributed by atoms with Crippen molar-refractivity contribution in [3.63, 3.8) is 0 Å². The quantitative estimate of drug-likeness (QED) is 0.0104. The maximum absolute atomic E-state index is 14.7. The fourth-order valence-corrected chi connectivity index (χ4v) is 14.7. The summed E-state index contributed by atoms with van der Waals surface area (Å²) in [7, 11) is 9.05. The third kappa shape index (κ3) is 27.9. The average Bonchev–Trinajstić information content (AvgIpc) is 1.80. The Balaban J connectivity index is 1.15. The molecule has 2 heterocycles. The molecule has 25 nitrogen and oxygen atoms in total. The minimum Gasteiger partial charge on any atom is -0.379 e. The third-order valence-corrected chi connectivity index (χ3v) is 20.6. The Hall–Kier alpha value is -7.72. The summed E-state index contributed by atoms with van der Waals surface area (Å²) in [6, 6.07) is 19.3. The number of ether oxygens (including phenoxy) is 5. The maximum Gasteiger partial charge on any atom is 0.312 e. The van der Waals surface area contributed by atoms with Crippen LogP contribution in [-0.4, -0.2) is 208 Å². The number of Topliss-reactive ketones (excluding diaryl/α,β-unsaturated/α-hetero) is 2. The lowest BCUT2D eigenvalue weighted by molar-refractivity contribution is -0.148. The number of nitrogens with one attached hydrogen (secondary N) is 5. The molecule has 0 aliphatic carbocycles. The molecule has 26 heteroatoms. The van der Waals surface area contributed by atoms with Gasteiger partial charge in [-0.3, -0.25) is 38.4 Å². The van der Waals surface area contributed by atoms with Gasteiger partial charge in [-0.15, -0.1) is 11.8 Å². The number of urea groups is 1. The number of carbonyl (C=O) groups excluding carboxylic acids is 9. The zero-order valence-corrected chi connectivity index (χ0v) is 65.5. The number of ketones is 2. The molecule has 0 bridgehead atoms. The van der Waals surface area contributed by atoms with E-state index in [9.17, 15) is 43.2 Å². The minimum atomic E-state index is -0.950. The largest absolute Gasteiger partial charge is 0.379 e. The number of likely N-dealkylation sites (N-methyl/N-ethyl adjacent to an activating group) is 2. The van der Waals surface area contributed by atoms with Crippen molar-refractivity contribution in [3.05, 3.63) is 102 Å². The van der Waals surface area contributed by atoms with Crippen molar-refractivity contribution in [3.8, 4) is 0 Å². The molecule has 580 valence electrons. The molecule has 1 aromatic heterocycles. The molecule has 105 heavy (non-hydrogen) atoms. The van der Waals surface area contributed by atoms with Crippen LogP contribution in [-0.2, 0) is 75.0 Å². The SMILES string of the molecule is C=C(C[C@H](C(=O)N(C)[C@@H]([C@@H](C)CC)[C@@H](CC(=O)N1CCC[C@H]1[C@H](OC)[C@@H](C)C(=O)C[C@@H](Cc1ccccc1)C(=O)NCc1ccc(NC(=O)[C@H](CCCNC(N)=O)CC(=O)[C@@H](NC(=O)COCCOCCOCC(=O)Nc2ccc3ncnc(SC)c3c2)C(C)C)cc1)OC)C(C)C)[C@H](C(C)C)N(C)C. The summed E-state index contributed by atoms with van der Waals surface area (Å²) in [5, 5.41) is 15.7. The molecule has 1 saturated heterocycles. The number of fused-ring (bicyclic) bond motifs is 1. The van der Waals surface area contributed by atoms with Gasteiger partial charge in [0.2, 0.25) is 35.4 Å². The highest BCUT2D eigenvalue weighted by Crippen LogP contribution is 2.34. The number of hydrogen-bond acceptors (Lipinski definition) is 18. The fraction of sp³-hybridized carbons (Fsp3) is 0.608. The van der Waals surface area contributed by atoms with Crippen LogP contribution in [0, 0.1) is 47.3 Å². The van der Waals surface area contributed by atoms with Crippen LogP contribution < -0.4 is 32.3 Å². The number of thioether (sulfide) groups is 1. The predicted octanol–water partition coefficient (Wildman–Crippen LogP) is 9.30. The van der Waals surface area contributed by atoms with Gasteiger partial charge < -0.3 is 70.7 Å². The molecule has 0 radical (unpaired) electrons. The number of methoxy groups -OCH3 is 2. The first-order valence-corrected chi connectivity index (χ1v) is 38.1. The molecule has 0 saturated carbocycles. The number of likely N-dealkylation sites (tertiary alicyclic amines) is 1. The molecule has 1 aliphatic rings. The average molecular weight is 1480 g/mol. The summed E-state index contributed by atoms with van der Waals surface area (Å²) >= 11 is 1.48. The summed E-state index contributed by atoms with van der Waals surface area (Å²) in [4.78, 5) is 138. The van der Waals surface area contributed by atoms with Crippen LogP contribution in [0.3, 0.4) is 0 Å². The van der Waals surface area contributed by atoms with Gasteiger partial charge in [-0.1, -0.05) is 123 Å². The Morgan fingerprint density at radius 3 is 1.95 bits per heavy atom. The number of amides is 8. The first-order chi connectivity index (χ1) is 50.0. The van der Waals surface area contributed by atoms with Gasteiger partial charge in [0.1, 0.15) is 30.4 Å². The molecule has 1 aliphatic heterocycles. The van der Waals surface area contributed by atoms with Gasteiger partial charge in [0.25, 0.3) is 0 Å². The van der Waals surface area contributed by atoms with E-state index in [2.05, 4.69) is 89.6 Å². The molecule has 7 N–H and O–H groups in total. The van der Waals surface area contributed by atoms with Crippen molar-refractivity contribution in [2.75, 3.05) is 105 Å². The van der Waals surface area contributed by atoms with Crippen LogP contribution in [0.25, 0.3) is 10.9 Å². The van der Waals surface area contributed by atoms with Gasteiger partial charge in [-0.2, -0.15) is 0 Å². The lowest BCUT2D eigenvalue weighted by Gasteiger charge is -2.41. The summed E-state index contributed by atoms with van der Waals surface area (Å²) in [6.45, 7) is 23.2. The van der Waals surface area contributed by atoms with Crippen LogP contribution in [0.1, 0.15) is 131 Å². The third-order valence-electron chi connectivity index (χ3n) is 19.9. The zero-order chi connectivity index (χ0) is 77.4. The predicted molar refractivity (Wildman–Crippen MR) is 410 cm³/mol. The van der Waals surface area contributed by atoms with Gasteiger partial charge in [-0.05, 0) is 124 Å². The van der Waals surface area contributed by atoms with Crippen molar-refractivity contribution in [2.24, 2.45) is 53.1 Å². The number of carbonyl (C=O) groups is 9. The molecule has 8 amide bonds. The van der Waals surface area contributed by atoms with Gasteiger partial charge in [0.05, 0.1) is 68.7 Å². The van der Waals surface area contributed by atoms with Crippen LogP contribution in [0.4, 0.5) is 16.2 Å². The van der Waals surface area contributed by atoms with Crippen LogP contribution in [0.15, 0.2) is 96.3 Å². The van der Waals surface area contributed by atoms with E-state index < -0.39 is 65.9 Å². The second kappa shape index (κ2) is 45.1. The number of nitrogens with two attached hydrogens (primary N) is 1. The zero-order valence-electron chi connectivity index (χ0n) is 64.7. The molecular weight excluding hydrogens is 1360 g/mol. The second-order valence-electron chi connectivity index (χ2n) is 28.9. The Morgan fingerprint density at radius 1 is 0.705 bits per heavy atom. The van der Waals surface area contributed by atoms with Crippen LogP contribution in [0.2, 0.25) is 0 Å². The topological polar surface area (TPSA) is 321 Å². The lowest BCUT2D eigenvalue weighted by Crippen LogP contribution is -2.54. The molecular formula is C79H119N11O14S. The number of primary amides is 1. The van der Waals surface area contributed by atoms with E-state index in [0.29, 0.717) is 55.1 Å². The van der Waals surface area contributed by atoms with E-state index >= 15 is 0 Å². The van der Waals surface area contributed by atoms with Crippen LogP contribution >= 0.6 is 11.8 Å². The highest BCUT2D eigenvalue weighted by molar-refractivity contribution is 7.98. The Morgan fingerprint density at radius 2 is 1.35 bits per heavy atom. The van der Waals surface area contributed by atoms with Crippen molar-refractivity contribution < 1.29 is 66.8 Å². The van der Waals surface area contributed by atoms with Crippen molar-refractivity contribution in [1.29, 1.82) is 0 Å². The van der Waals surface area contributed by atoms with E-state index in [-0.39, 0.29) is 150 Å². The van der Waals surface area contributed by atoms with Gasteiger partial charge in [0, 0.05) is 100 Å². The second-order valence-corrected chi connectivity index (χ2v) is 29.7. The molecule has 11 atom stereocenters. The minimum absolute atomic E-state index is 0.00604. The first-order valence-electron chi connectivity index (χ1n) is 36.9. The summed E-state index contributed by atoms with van der Waals surface area (Å²) in [6.07, 6.45) is 5.21.